The molecule has 1 atom stereocenters. The Hall–Kier alpha value is -0.920. The van der Waals surface area contributed by atoms with Gasteiger partial charge in [0, 0.05) is 13.1 Å². The number of rotatable bonds is 2. The molecule has 0 saturated carbocycles. The van der Waals surface area contributed by atoms with Crippen LogP contribution in [0.3, 0.4) is 0 Å². The molecule has 1 aliphatic heterocycles. The van der Waals surface area contributed by atoms with E-state index < -0.39 is 5.97 Å². The van der Waals surface area contributed by atoms with Gasteiger partial charge in [0.15, 0.2) is 5.82 Å². The largest absolute Gasteiger partial charge is 0.481 e. The molecule has 1 fully saturated rings. The second kappa shape index (κ2) is 4.94. The fraction of sp³-hybridized carbons (Fsp3) is 0.500. The molecule has 0 radical (unpaired) electrons. The zero-order chi connectivity index (χ0) is 11.5. The molecule has 6 heteroatoms. The first-order valence-electron chi connectivity index (χ1n) is 5.14. The minimum atomic E-state index is -0.719. The molecule has 1 aromatic heterocycles. The first-order valence-corrected chi connectivity index (χ1v) is 6.21. The lowest BCUT2D eigenvalue weighted by Crippen LogP contribution is -2.39. The fourth-order valence-corrected chi connectivity index (χ4v) is 2.15. The molecule has 1 saturated heterocycles. The monoisotopic (exact) mass is 333 g/mol. The fourth-order valence-electron chi connectivity index (χ4n) is 1.86. The van der Waals surface area contributed by atoms with Crippen LogP contribution < -0.4 is 4.90 Å². The molecule has 1 N–H and O–H groups in total. The van der Waals surface area contributed by atoms with Gasteiger partial charge in [0.25, 0.3) is 0 Å². The summed E-state index contributed by atoms with van der Waals surface area (Å²) in [5.74, 6) is -0.232. The van der Waals surface area contributed by atoms with Gasteiger partial charge in [-0.3, -0.25) is 4.79 Å². The summed E-state index contributed by atoms with van der Waals surface area (Å²) in [6, 6.07) is 3.77. The van der Waals surface area contributed by atoms with Crippen LogP contribution in [0.4, 0.5) is 5.82 Å². The Morgan fingerprint density at radius 1 is 1.50 bits per heavy atom. The van der Waals surface area contributed by atoms with Gasteiger partial charge in [-0.15, -0.1) is 10.2 Å². The summed E-state index contributed by atoms with van der Waals surface area (Å²) in [6.45, 7) is 1.39. The van der Waals surface area contributed by atoms with Crippen LogP contribution in [0.1, 0.15) is 12.8 Å². The number of hydrogen-bond acceptors (Lipinski definition) is 4. The van der Waals surface area contributed by atoms with Crippen molar-refractivity contribution in [1.29, 1.82) is 0 Å². The van der Waals surface area contributed by atoms with E-state index >= 15 is 0 Å². The maximum atomic E-state index is 10.9. The molecule has 86 valence electrons. The van der Waals surface area contributed by atoms with Gasteiger partial charge in [0.1, 0.15) is 3.70 Å². The molecule has 0 bridgehead atoms. The number of hydrogen-bond donors (Lipinski definition) is 1. The van der Waals surface area contributed by atoms with Gasteiger partial charge in [0.05, 0.1) is 5.92 Å². The van der Waals surface area contributed by atoms with E-state index in [9.17, 15) is 4.79 Å². The number of halogens is 1. The minimum absolute atomic E-state index is 0.283. The molecule has 2 rings (SSSR count). The molecule has 0 amide bonds. The molecule has 5 nitrogen and oxygen atoms in total. The third-order valence-corrected chi connectivity index (χ3v) is 3.29. The quantitative estimate of drug-likeness (QED) is 0.829. The third kappa shape index (κ3) is 2.60. The van der Waals surface area contributed by atoms with Crippen molar-refractivity contribution in [2.45, 2.75) is 12.8 Å². The van der Waals surface area contributed by atoms with Crippen LogP contribution >= 0.6 is 22.6 Å². The molecule has 0 spiro atoms. The van der Waals surface area contributed by atoms with Crippen LogP contribution in [-0.4, -0.2) is 34.4 Å². The van der Waals surface area contributed by atoms with Crippen LogP contribution in [0.15, 0.2) is 12.1 Å². The Bertz CT molecular complexity index is 382. The van der Waals surface area contributed by atoms with Crippen molar-refractivity contribution in [2.75, 3.05) is 18.0 Å². The number of carboxylic acid groups (broad SMARTS) is 1. The number of nitrogens with zero attached hydrogens (tertiary/aromatic N) is 3. The van der Waals surface area contributed by atoms with Gasteiger partial charge in [-0.25, -0.2) is 0 Å². The summed E-state index contributed by atoms with van der Waals surface area (Å²) in [4.78, 5) is 12.9. The average molecular weight is 333 g/mol. The highest BCUT2D eigenvalue weighted by atomic mass is 127. The van der Waals surface area contributed by atoms with Crippen molar-refractivity contribution in [1.82, 2.24) is 10.2 Å². The summed E-state index contributed by atoms with van der Waals surface area (Å²) in [7, 11) is 0. The first kappa shape index (κ1) is 11.6. The Kier molecular flexibility index (Phi) is 3.57. The first-order chi connectivity index (χ1) is 7.66. The van der Waals surface area contributed by atoms with Crippen molar-refractivity contribution in [2.24, 2.45) is 5.92 Å². The van der Waals surface area contributed by atoms with E-state index in [4.69, 9.17) is 5.11 Å². The number of piperidine rings is 1. The van der Waals surface area contributed by atoms with Crippen molar-refractivity contribution in [3.8, 4) is 0 Å². The van der Waals surface area contributed by atoms with Crippen LogP contribution in [0.5, 0.6) is 0 Å². The smallest absolute Gasteiger partial charge is 0.308 e. The topological polar surface area (TPSA) is 66.3 Å². The Balaban J connectivity index is 2.09. The van der Waals surface area contributed by atoms with E-state index in [1.165, 1.54) is 0 Å². The SMILES string of the molecule is O=C(O)C1CCCN(c2ccc(I)nn2)C1. The summed E-state index contributed by atoms with van der Waals surface area (Å²) in [5.41, 5.74) is 0. The van der Waals surface area contributed by atoms with Gasteiger partial charge in [-0.2, -0.15) is 0 Å². The molecule has 2 heterocycles. The zero-order valence-corrected chi connectivity index (χ0v) is 10.8. The predicted octanol–water partition coefficient (Wildman–Crippen LogP) is 1.38. The molecule has 0 aromatic carbocycles. The maximum absolute atomic E-state index is 10.9. The Morgan fingerprint density at radius 3 is 2.94 bits per heavy atom. The van der Waals surface area contributed by atoms with Gasteiger partial charge in [-0.05, 0) is 47.6 Å². The lowest BCUT2D eigenvalue weighted by Gasteiger charge is -2.31. The van der Waals surface area contributed by atoms with E-state index in [1.807, 2.05) is 17.0 Å². The minimum Gasteiger partial charge on any atom is -0.481 e. The predicted molar refractivity (Wildman–Crippen MR) is 67.3 cm³/mol. The molecular formula is C10H12IN3O2. The second-order valence-corrected chi connectivity index (χ2v) is 4.94. The molecular weight excluding hydrogens is 321 g/mol. The summed E-state index contributed by atoms with van der Waals surface area (Å²) in [5, 5.41) is 17.0. The lowest BCUT2D eigenvalue weighted by molar-refractivity contribution is -0.141. The van der Waals surface area contributed by atoms with E-state index in [-0.39, 0.29) is 5.92 Å². The molecule has 1 aliphatic rings. The van der Waals surface area contributed by atoms with Crippen LogP contribution in [0.2, 0.25) is 0 Å². The van der Waals surface area contributed by atoms with Gasteiger partial charge < -0.3 is 10.0 Å². The van der Waals surface area contributed by atoms with Gasteiger partial charge in [0.2, 0.25) is 0 Å². The lowest BCUT2D eigenvalue weighted by atomic mass is 9.98. The van der Waals surface area contributed by atoms with Crippen molar-refractivity contribution in [3.63, 3.8) is 0 Å². The highest BCUT2D eigenvalue weighted by Gasteiger charge is 2.26. The Labute approximate surface area is 107 Å². The second-order valence-electron chi connectivity index (χ2n) is 3.84. The average Bonchev–Trinajstić information content (AvgIpc) is 2.30. The van der Waals surface area contributed by atoms with Crippen LogP contribution in [0.25, 0.3) is 0 Å². The maximum Gasteiger partial charge on any atom is 0.308 e. The standard InChI is InChI=1S/C10H12IN3O2/c11-8-3-4-9(13-12-8)14-5-1-2-7(6-14)10(15)16/h3-4,7H,1-2,5-6H2,(H,15,16). The van der Waals surface area contributed by atoms with Crippen molar-refractivity contribution >= 4 is 34.4 Å². The zero-order valence-electron chi connectivity index (χ0n) is 8.64. The highest BCUT2D eigenvalue weighted by molar-refractivity contribution is 14.1. The number of aromatic nitrogens is 2. The summed E-state index contributed by atoms with van der Waals surface area (Å²) < 4.78 is 0.841. The molecule has 16 heavy (non-hydrogen) atoms. The van der Waals surface area contributed by atoms with Gasteiger partial charge >= 0.3 is 5.97 Å². The number of carboxylic acids is 1. The Morgan fingerprint density at radius 2 is 2.31 bits per heavy atom. The van der Waals surface area contributed by atoms with E-state index in [2.05, 4.69) is 32.8 Å². The van der Waals surface area contributed by atoms with Crippen molar-refractivity contribution < 1.29 is 9.90 Å². The molecule has 1 unspecified atom stereocenters. The van der Waals surface area contributed by atoms with Gasteiger partial charge in [-0.1, -0.05) is 0 Å². The van der Waals surface area contributed by atoms with Crippen molar-refractivity contribution in [3.05, 3.63) is 15.8 Å². The van der Waals surface area contributed by atoms with E-state index in [0.29, 0.717) is 6.54 Å². The normalized spacial score (nSPS) is 20.8. The summed E-state index contributed by atoms with van der Waals surface area (Å²) in [6.07, 6.45) is 1.65. The molecule has 0 aliphatic carbocycles. The summed E-state index contributed by atoms with van der Waals surface area (Å²) >= 11 is 2.10. The number of anilines is 1. The van der Waals surface area contributed by atoms with E-state index in [1.54, 1.807) is 0 Å². The van der Waals surface area contributed by atoms with E-state index in [0.717, 1.165) is 28.9 Å². The highest BCUT2D eigenvalue weighted by Crippen LogP contribution is 2.21. The number of aliphatic carboxylic acids is 1. The molecule has 1 aromatic rings. The third-order valence-electron chi connectivity index (χ3n) is 2.71. The number of carbonyl (C=O) groups is 1. The van der Waals surface area contributed by atoms with Crippen LogP contribution in [0, 0.1) is 9.62 Å². The van der Waals surface area contributed by atoms with Crippen LogP contribution in [-0.2, 0) is 4.79 Å².